The lowest BCUT2D eigenvalue weighted by molar-refractivity contribution is -0.0327. The Morgan fingerprint density at radius 1 is 1.06 bits per heavy atom. The van der Waals surface area contributed by atoms with Gasteiger partial charge in [0.05, 0.1) is 10.9 Å². The van der Waals surface area contributed by atoms with Gasteiger partial charge in [-0.25, -0.2) is 15.1 Å². The molecular weight excluding hydrogens is 472 g/mol. The van der Waals surface area contributed by atoms with Crippen LogP contribution in [0.1, 0.15) is 17.4 Å². The van der Waals surface area contributed by atoms with Crippen molar-refractivity contribution in [1.29, 1.82) is 0 Å². The van der Waals surface area contributed by atoms with Gasteiger partial charge in [-0.2, -0.15) is 13.1 Å². The standard InChI is InChI=1S/C23H22N6O5S/c24-21-18-15(9-8-14-6-3-5-13-4-1-2-7-16(13)14)11-29(22(18)27-12-26-21)23-20(31)19(30)17(34-23)10-28-35(25,32)33/h1-7,11-12,17,19-20,23,28,30-31H,10H2,(H2,24,26,27)(H2,25,32,33)/t17-,19-,20-,23-/m1/s1. The predicted molar refractivity (Wildman–Crippen MR) is 129 cm³/mol. The molecule has 0 saturated carbocycles. The van der Waals surface area contributed by atoms with Gasteiger partial charge in [0.15, 0.2) is 6.23 Å². The summed E-state index contributed by atoms with van der Waals surface area (Å²) in [4.78, 5) is 8.34. The average molecular weight is 495 g/mol. The number of rotatable bonds is 4. The van der Waals surface area contributed by atoms with Crippen LogP contribution in [0.15, 0.2) is 55.0 Å². The number of ether oxygens (including phenoxy) is 1. The van der Waals surface area contributed by atoms with Gasteiger partial charge in [-0.3, -0.25) is 0 Å². The van der Waals surface area contributed by atoms with Gasteiger partial charge in [-0.15, -0.1) is 0 Å². The molecule has 1 saturated heterocycles. The summed E-state index contributed by atoms with van der Waals surface area (Å²) in [5.74, 6) is 6.49. The van der Waals surface area contributed by atoms with Crippen molar-refractivity contribution in [3.8, 4) is 11.8 Å². The second-order valence-corrected chi connectivity index (χ2v) is 9.50. The Bertz CT molecular complexity index is 1590. The highest BCUT2D eigenvalue weighted by Crippen LogP contribution is 2.34. The maximum Gasteiger partial charge on any atom is 0.274 e. The van der Waals surface area contributed by atoms with Crippen LogP contribution in [0.2, 0.25) is 0 Å². The van der Waals surface area contributed by atoms with Crippen LogP contribution in [0.25, 0.3) is 21.8 Å². The van der Waals surface area contributed by atoms with E-state index in [0.29, 0.717) is 16.6 Å². The Labute approximate surface area is 200 Å². The minimum absolute atomic E-state index is 0.191. The maximum atomic E-state index is 11.2. The van der Waals surface area contributed by atoms with E-state index < -0.39 is 34.7 Å². The lowest BCUT2D eigenvalue weighted by atomic mass is 10.0. The van der Waals surface area contributed by atoms with Crippen LogP contribution in [0.3, 0.4) is 0 Å². The molecule has 11 nitrogen and oxygen atoms in total. The fraction of sp³-hybridized carbons (Fsp3) is 0.217. The molecule has 1 fully saturated rings. The van der Waals surface area contributed by atoms with Crippen LogP contribution in [0.4, 0.5) is 5.82 Å². The number of fused-ring (bicyclic) bond motifs is 2. The van der Waals surface area contributed by atoms with Crippen molar-refractivity contribution in [2.24, 2.45) is 5.14 Å². The Balaban J connectivity index is 1.55. The smallest absolute Gasteiger partial charge is 0.274 e. The second-order valence-electron chi connectivity index (χ2n) is 8.12. The van der Waals surface area contributed by atoms with E-state index in [1.807, 2.05) is 42.5 Å². The number of benzene rings is 2. The van der Waals surface area contributed by atoms with Crippen LogP contribution in [-0.4, -0.2) is 58.0 Å². The van der Waals surface area contributed by atoms with Crippen LogP contribution in [-0.2, 0) is 14.9 Å². The SMILES string of the molecule is Nc1ncnc2c1c(C#Cc1cccc3ccccc13)cn2[C@@H]1O[C@H](CNS(N)(=O)=O)[C@@H](O)[C@H]1O. The van der Waals surface area contributed by atoms with Gasteiger partial charge >= 0.3 is 0 Å². The van der Waals surface area contributed by atoms with Crippen LogP contribution in [0, 0.1) is 11.8 Å². The van der Waals surface area contributed by atoms with Crippen LogP contribution < -0.4 is 15.6 Å². The predicted octanol–water partition coefficient (Wildman–Crippen LogP) is -0.0212. The molecule has 2 aromatic carbocycles. The topological polar surface area (TPSA) is 179 Å². The number of aliphatic hydroxyl groups excluding tert-OH is 2. The molecule has 3 heterocycles. The van der Waals surface area contributed by atoms with Gasteiger partial charge in [0.1, 0.15) is 36.1 Å². The first-order chi connectivity index (χ1) is 16.7. The number of hydrogen-bond acceptors (Lipinski definition) is 8. The Morgan fingerprint density at radius 2 is 1.80 bits per heavy atom. The summed E-state index contributed by atoms with van der Waals surface area (Å²) < 4.78 is 31.8. The molecule has 0 aliphatic carbocycles. The zero-order valence-corrected chi connectivity index (χ0v) is 19.1. The van der Waals surface area contributed by atoms with Gasteiger partial charge in [-0.1, -0.05) is 48.2 Å². The van der Waals surface area contributed by atoms with E-state index in [4.69, 9.17) is 15.6 Å². The quantitative estimate of drug-likeness (QED) is 0.246. The number of anilines is 1. The number of nitrogen functional groups attached to an aromatic ring is 1. The molecule has 0 spiro atoms. The summed E-state index contributed by atoms with van der Waals surface area (Å²) in [6, 6.07) is 13.7. The lowest BCUT2D eigenvalue weighted by Gasteiger charge is -2.17. The monoisotopic (exact) mass is 494 g/mol. The number of aromatic nitrogens is 3. The molecular formula is C23H22N6O5S. The zero-order valence-electron chi connectivity index (χ0n) is 18.2. The number of hydrogen-bond donors (Lipinski definition) is 5. The molecule has 0 amide bonds. The first-order valence-corrected chi connectivity index (χ1v) is 12.2. The van der Waals surface area contributed by atoms with Crippen molar-refractivity contribution in [2.75, 3.05) is 12.3 Å². The molecule has 0 bridgehead atoms. The molecule has 4 aromatic rings. The molecule has 180 valence electrons. The van der Waals surface area contributed by atoms with Crippen molar-refractivity contribution in [3.63, 3.8) is 0 Å². The van der Waals surface area contributed by atoms with E-state index in [9.17, 15) is 18.6 Å². The highest BCUT2D eigenvalue weighted by molar-refractivity contribution is 7.87. The van der Waals surface area contributed by atoms with Crippen molar-refractivity contribution in [1.82, 2.24) is 19.3 Å². The molecule has 35 heavy (non-hydrogen) atoms. The van der Waals surface area contributed by atoms with Crippen LogP contribution >= 0.6 is 0 Å². The number of aliphatic hydroxyl groups is 2. The average Bonchev–Trinajstić information content (AvgIpc) is 3.34. The number of nitrogens with zero attached hydrogens (tertiary/aromatic N) is 3. The fourth-order valence-electron chi connectivity index (χ4n) is 4.19. The highest BCUT2D eigenvalue weighted by Gasteiger charge is 2.44. The Morgan fingerprint density at radius 3 is 2.60 bits per heavy atom. The lowest BCUT2D eigenvalue weighted by Crippen LogP contribution is -2.42. The number of nitrogens with two attached hydrogens (primary N) is 2. The van der Waals surface area contributed by atoms with Crippen molar-refractivity contribution in [3.05, 3.63) is 66.1 Å². The second kappa shape index (κ2) is 8.90. The van der Waals surface area contributed by atoms with Crippen molar-refractivity contribution < 1.29 is 23.4 Å². The summed E-state index contributed by atoms with van der Waals surface area (Å²) in [5, 5.41) is 28.6. The summed E-state index contributed by atoms with van der Waals surface area (Å²) in [5.41, 5.74) is 7.80. The Kier molecular flexibility index (Phi) is 5.89. The van der Waals surface area contributed by atoms with Crippen molar-refractivity contribution in [2.45, 2.75) is 24.5 Å². The molecule has 7 N–H and O–H groups in total. The van der Waals surface area contributed by atoms with Gasteiger partial charge in [0, 0.05) is 18.3 Å². The zero-order chi connectivity index (χ0) is 24.7. The van der Waals surface area contributed by atoms with E-state index in [1.165, 1.54) is 10.9 Å². The first-order valence-electron chi connectivity index (χ1n) is 10.6. The minimum Gasteiger partial charge on any atom is -0.387 e. The van der Waals surface area contributed by atoms with E-state index in [0.717, 1.165) is 16.3 Å². The number of nitrogens with one attached hydrogen (secondary N) is 1. The minimum atomic E-state index is -4.01. The third-order valence-corrected chi connectivity index (χ3v) is 6.43. The third kappa shape index (κ3) is 4.44. The molecule has 4 atom stereocenters. The molecule has 0 radical (unpaired) electrons. The van der Waals surface area contributed by atoms with E-state index in [2.05, 4.69) is 26.5 Å². The van der Waals surface area contributed by atoms with Gasteiger partial charge in [0.2, 0.25) is 0 Å². The molecule has 12 heteroatoms. The van der Waals surface area contributed by atoms with Gasteiger partial charge < -0.3 is 25.3 Å². The maximum absolute atomic E-state index is 11.2. The molecule has 1 aliphatic heterocycles. The van der Waals surface area contributed by atoms with Crippen LogP contribution in [0.5, 0.6) is 0 Å². The summed E-state index contributed by atoms with van der Waals surface area (Å²) in [6.07, 6.45) is -2.00. The summed E-state index contributed by atoms with van der Waals surface area (Å²) in [7, 11) is -4.01. The highest BCUT2D eigenvalue weighted by atomic mass is 32.2. The van der Waals surface area contributed by atoms with Gasteiger partial charge in [0.25, 0.3) is 10.2 Å². The molecule has 0 unspecified atom stereocenters. The summed E-state index contributed by atoms with van der Waals surface area (Å²) in [6.45, 7) is -0.322. The first kappa shape index (κ1) is 23.2. The molecule has 2 aromatic heterocycles. The van der Waals surface area contributed by atoms with E-state index >= 15 is 0 Å². The van der Waals surface area contributed by atoms with E-state index in [-0.39, 0.29) is 12.4 Å². The molecule has 5 rings (SSSR count). The molecule has 1 aliphatic rings. The largest absolute Gasteiger partial charge is 0.387 e. The normalized spacial score (nSPS) is 22.4. The summed E-state index contributed by atoms with van der Waals surface area (Å²) >= 11 is 0. The third-order valence-electron chi connectivity index (χ3n) is 5.86. The Hall–Kier alpha value is -3.57. The fourth-order valence-corrected chi connectivity index (χ4v) is 4.59. The van der Waals surface area contributed by atoms with Gasteiger partial charge in [-0.05, 0) is 16.8 Å². The van der Waals surface area contributed by atoms with Crippen molar-refractivity contribution >= 4 is 37.8 Å². The van der Waals surface area contributed by atoms with E-state index in [1.54, 1.807) is 6.20 Å².